The molecule has 0 radical (unpaired) electrons. The van der Waals surface area contributed by atoms with Crippen LogP contribution in [0.15, 0.2) is 35.3 Å². The molecule has 7 heteroatoms. The summed E-state index contributed by atoms with van der Waals surface area (Å²) in [6.45, 7) is 5.17. The lowest BCUT2D eigenvalue weighted by Gasteiger charge is -2.31. The van der Waals surface area contributed by atoms with Gasteiger partial charge in [0.05, 0.1) is 13.2 Å². The van der Waals surface area contributed by atoms with Crippen LogP contribution >= 0.6 is 11.3 Å². The third-order valence-electron chi connectivity index (χ3n) is 4.41. The molecular formula is C17H22N6S. The van der Waals surface area contributed by atoms with Gasteiger partial charge in [-0.1, -0.05) is 48.1 Å². The van der Waals surface area contributed by atoms with E-state index < -0.39 is 0 Å². The van der Waals surface area contributed by atoms with Crippen molar-refractivity contribution in [1.82, 2.24) is 20.0 Å². The Morgan fingerprint density at radius 2 is 1.83 bits per heavy atom. The summed E-state index contributed by atoms with van der Waals surface area (Å²) in [6.07, 6.45) is 3.98. The smallest absolute Gasteiger partial charge is 0.212 e. The largest absolute Gasteiger partial charge is 0.328 e. The van der Waals surface area contributed by atoms with Crippen LogP contribution in [0.1, 0.15) is 19.3 Å². The second-order valence-corrected chi connectivity index (χ2v) is 7.17. The van der Waals surface area contributed by atoms with Crippen LogP contribution < -0.4 is 5.32 Å². The molecule has 2 aromatic rings. The van der Waals surface area contributed by atoms with E-state index in [2.05, 4.69) is 42.4 Å². The van der Waals surface area contributed by atoms with Gasteiger partial charge in [0.2, 0.25) is 11.1 Å². The van der Waals surface area contributed by atoms with Gasteiger partial charge in [-0.2, -0.15) is 0 Å². The standard InChI is InChI=1S/C17H22N6S/c1-3-7-14(8-4-1)15-20-21-17(24-15)19-16-18-9-12-23(16)13-22-10-5-2-6-11-22/h1,3-4,7-8H,2,5-6,9-13H2,(H,18,19,21). The highest BCUT2D eigenvalue weighted by atomic mass is 32.1. The molecule has 0 bridgehead atoms. The Morgan fingerprint density at radius 1 is 1.00 bits per heavy atom. The number of hydrogen-bond acceptors (Lipinski definition) is 7. The van der Waals surface area contributed by atoms with Gasteiger partial charge in [0, 0.05) is 12.1 Å². The summed E-state index contributed by atoms with van der Waals surface area (Å²) in [7, 11) is 0. The van der Waals surface area contributed by atoms with E-state index in [1.165, 1.54) is 32.4 Å². The number of piperidine rings is 1. The third-order valence-corrected chi connectivity index (χ3v) is 5.30. The van der Waals surface area contributed by atoms with E-state index >= 15 is 0 Å². The number of aromatic nitrogens is 2. The second kappa shape index (κ2) is 7.27. The van der Waals surface area contributed by atoms with Crippen LogP contribution in [0.3, 0.4) is 0 Å². The number of hydrogen-bond donors (Lipinski definition) is 1. The number of anilines is 1. The zero-order valence-corrected chi connectivity index (χ0v) is 14.5. The van der Waals surface area contributed by atoms with Crippen molar-refractivity contribution in [2.24, 2.45) is 4.99 Å². The lowest BCUT2D eigenvalue weighted by atomic mass is 10.1. The maximum Gasteiger partial charge on any atom is 0.212 e. The molecule has 1 fully saturated rings. The number of rotatable bonds is 4. The summed E-state index contributed by atoms with van der Waals surface area (Å²) in [5.74, 6) is 0.927. The highest BCUT2D eigenvalue weighted by Gasteiger charge is 2.22. The van der Waals surface area contributed by atoms with E-state index in [-0.39, 0.29) is 0 Å². The van der Waals surface area contributed by atoms with Gasteiger partial charge in [-0.15, -0.1) is 10.2 Å². The molecule has 4 rings (SSSR count). The number of benzene rings is 1. The minimum atomic E-state index is 0.804. The molecule has 0 unspecified atom stereocenters. The molecule has 126 valence electrons. The van der Waals surface area contributed by atoms with Gasteiger partial charge in [0.15, 0.2) is 0 Å². The number of nitrogens with one attached hydrogen (secondary N) is 1. The van der Waals surface area contributed by atoms with Crippen LogP contribution in [0.4, 0.5) is 5.13 Å². The molecule has 1 aromatic heterocycles. The minimum absolute atomic E-state index is 0.804. The van der Waals surface area contributed by atoms with Gasteiger partial charge in [-0.05, 0) is 25.9 Å². The van der Waals surface area contributed by atoms with E-state index in [9.17, 15) is 0 Å². The summed E-state index contributed by atoms with van der Waals surface area (Å²) in [5, 5.41) is 13.7. The molecule has 0 amide bonds. The lowest BCUT2D eigenvalue weighted by Crippen LogP contribution is -2.44. The Hall–Kier alpha value is -1.99. The van der Waals surface area contributed by atoms with Gasteiger partial charge < -0.3 is 10.2 Å². The molecule has 3 heterocycles. The fraction of sp³-hybridized carbons (Fsp3) is 0.471. The van der Waals surface area contributed by atoms with Crippen LogP contribution in [0, 0.1) is 0 Å². The Labute approximate surface area is 146 Å². The van der Waals surface area contributed by atoms with Crippen LogP contribution in [0.2, 0.25) is 0 Å². The van der Waals surface area contributed by atoms with Crippen molar-refractivity contribution in [1.29, 1.82) is 0 Å². The molecule has 1 saturated heterocycles. The first-order valence-corrected chi connectivity index (χ1v) is 9.38. The van der Waals surface area contributed by atoms with E-state index in [1.807, 2.05) is 18.2 Å². The molecule has 0 atom stereocenters. The van der Waals surface area contributed by atoms with E-state index in [0.29, 0.717) is 0 Å². The summed E-state index contributed by atoms with van der Waals surface area (Å²) < 4.78 is 0. The molecule has 0 spiro atoms. The van der Waals surface area contributed by atoms with Crippen molar-refractivity contribution in [2.75, 3.05) is 38.2 Å². The van der Waals surface area contributed by atoms with E-state index in [1.54, 1.807) is 11.3 Å². The Morgan fingerprint density at radius 3 is 2.67 bits per heavy atom. The molecule has 24 heavy (non-hydrogen) atoms. The van der Waals surface area contributed by atoms with Gasteiger partial charge in [0.25, 0.3) is 0 Å². The first-order chi connectivity index (χ1) is 11.9. The van der Waals surface area contributed by atoms with E-state index in [4.69, 9.17) is 0 Å². The topological polar surface area (TPSA) is 56.7 Å². The molecule has 1 N–H and O–H groups in total. The van der Waals surface area contributed by atoms with Crippen molar-refractivity contribution < 1.29 is 0 Å². The molecule has 0 saturated carbocycles. The molecule has 0 aliphatic carbocycles. The average Bonchev–Trinajstić information content (AvgIpc) is 3.27. The van der Waals surface area contributed by atoms with E-state index in [0.717, 1.165) is 41.4 Å². The monoisotopic (exact) mass is 342 g/mol. The predicted octanol–water partition coefficient (Wildman–Crippen LogP) is 2.73. The van der Waals surface area contributed by atoms with Gasteiger partial charge >= 0.3 is 0 Å². The summed E-state index contributed by atoms with van der Waals surface area (Å²) >= 11 is 1.57. The number of guanidine groups is 1. The molecular weight excluding hydrogens is 320 g/mol. The first kappa shape index (κ1) is 15.5. The Kier molecular flexibility index (Phi) is 4.71. The van der Waals surface area contributed by atoms with Crippen LogP contribution in [-0.4, -0.2) is 58.8 Å². The fourth-order valence-corrected chi connectivity index (χ4v) is 3.89. The minimum Gasteiger partial charge on any atom is -0.328 e. The quantitative estimate of drug-likeness (QED) is 0.926. The first-order valence-electron chi connectivity index (χ1n) is 8.56. The van der Waals surface area contributed by atoms with Crippen molar-refractivity contribution in [3.05, 3.63) is 30.3 Å². The Balaban J connectivity index is 1.40. The van der Waals surface area contributed by atoms with Crippen LogP contribution in [0.25, 0.3) is 10.6 Å². The van der Waals surface area contributed by atoms with Gasteiger partial charge in [-0.25, -0.2) is 0 Å². The number of aliphatic imine (C=N–C) groups is 1. The van der Waals surface area contributed by atoms with Crippen molar-refractivity contribution >= 4 is 22.4 Å². The summed E-state index contributed by atoms with van der Waals surface area (Å²) in [5.41, 5.74) is 1.10. The maximum absolute atomic E-state index is 4.60. The maximum atomic E-state index is 4.60. The van der Waals surface area contributed by atoms with Crippen molar-refractivity contribution in [2.45, 2.75) is 19.3 Å². The van der Waals surface area contributed by atoms with Crippen LogP contribution in [0.5, 0.6) is 0 Å². The summed E-state index contributed by atoms with van der Waals surface area (Å²) in [6, 6.07) is 10.2. The zero-order valence-electron chi connectivity index (χ0n) is 13.7. The second-order valence-electron chi connectivity index (χ2n) is 6.19. The fourth-order valence-electron chi connectivity index (χ4n) is 3.15. The number of likely N-dealkylation sites (tertiary alicyclic amines) is 1. The van der Waals surface area contributed by atoms with Crippen LogP contribution in [-0.2, 0) is 0 Å². The molecule has 1 aromatic carbocycles. The summed E-state index contributed by atoms with van der Waals surface area (Å²) in [4.78, 5) is 9.43. The van der Waals surface area contributed by atoms with Gasteiger partial charge in [-0.3, -0.25) is 9.89 Å². The van der Waals surface area contributed by atoms with Crippen molar-refractivity contribution in [3.63, 3.8) is 0 Å². The van der Waals surface area contributed by atoms with Gasteiger partial charge in [0.1, 0.15) is 5.01 Å². The average molecular weight is 342 g/mol. The third kappa shape index (κ3) is 3.57. The molecule has 2 aliphatic heterocycles. The SMILES string of the molecule is c1ccc(-c2nnc(NC3=NCCN3CN3CCCCC3)s2)cc1. The number of nitrogens with zero attached hydrogens (tertiary/aromatic N) is 5. The predicted molar refractivity (Wildman–Crippen MR) is 98.3 cm³/mol. The molecule has 2 aliphatic rings. The highest BCUT2D eigenvalue weighted by Crippen LogP contribution is 2.26. The normalized spacial score (nSPS) is 18.7. The zero-order chi connectivity index (χ0) is 16.2. The Bertz CT molecular complexity index is 692. The lowest BCUT2D eigenvalue weighted by molar-refractivity contribution is 0.165. The highest BCUT2D eigenvalue weighted by molar-refractivity contribution is 7.18. The molecule has 6 nitrogen and oxygen atoms in total. The van der Waals surface area contributed by atoms with Crippen molar-refractivity contribution in [3.8, 4) is 10.6 Å².